The van der Waals surface area contributed by atoms with Gasteiger partial charge in [-0.3, -0.25) is 14.4 Å². The van der Waals surface area contributed by atoms with Crippen molar-refractivity contribution in [3.05, 3.63) is 63.9 Å². The van der Waals surface area contributed by atoms with Crippen molar-refractivity contribution in [2.45, 2.75) is 52.1 Å². The highest BCUT2D eigenvalue weighted by Crippen LogP contribution is 2.31. The van der Waals surface area contributed by atoms with Gasteiger partial charge in [0.15, 0.2) is 0 Å². The number of aromatic nitrogens is 3. The van der Waals surface area contributed by atoms with Gasteiger partial charge in [-0.25, -0.2) is 9.67 Å². The summed E-state index contributed by atoms with van der Waals surface area (Å²) >= 11 is 1.45. The SMILES string of the molecule is Cc1c(C(=O)N2CCC(c3nc(C(=O)N(C)CC(=O)OC(C)(C)C)cs3)CC2)cnn1-c1ccccc1. The lowest BCUT2D eigenvalue weighted by Gasteiger charge is -2.31. The van der Waals surface area contributed by atoms with Crippen LogP contribution in [0.3, 0.4) is 0 Å². The first-order valence-electron chi connectivity index (χ1n) is 12.4. The largest absolute Gasteiger partial charge is 0.459 e. The number of benzene rings is 1. The average molecular weight is 524 g/mol. The molecule has 10 heteroatoms. The molecule has 4 rings (SSSR count). The minimum Gasteiger partial charge on any atom is -0.459 e. The molecule has 37 heavy (non-hydrogen) atoms. The number of ether oxygens (including phenoxy) is 1. The summed E-state index contributed by atoms with van der Waals surface area (Å²) in [6.45, 7) is 8.37. The number of rotatable bonds is 6. The third-order valence-electron chi connectivity index (χ3n) is 6.25. The van der Waals surface area contributed by atoms with Gasteiger partial charge < -0.3 is 14.5 Å². The molecule has 196 valence electrons. The first-order valence-corrected chi connectivity index (χ1v) is 13.2. The maximum absolute atomic E-state index is 13.2. The number of hydrogen-bond acceptors (Lipinski definition) is 7. The zero-order valence-corrected chi connectivity index (χ0v) is 22.7. The molecular formula is C27H33N5O4S. The van der Waals surface area contributed by atoms with Crippen molar-refractivity contribution in [1.82, 2.24) is 24.6 Å². The van der Waals surface area contributed by atoms with E-state index in [4.69, 9.17) is 4.74 Å². The van der Waals surface area contributed by atoms with Gasteiger partial charge in [0.05, 0.1) is 28.1 Å². The predicted octanol–water partition coefficient (Wildman–Crippen LogP) is 4.07. The quantitative estimate of drug-likeness (QED) is 0.452. The molecule has 0 aliphatic carbocycles. The van der Waals surface area contributed by atoms with E-state index in [0.717, 1.165) is 29.2 Å². The van der Waals surface area contributed by atoms with Crippen molar-refractivity contribution in [2.24, 2.45) is 0 Å². The summed E-state index contributed by atoms with van der Waals surface area (Å²) in [7, 11) is 1.57. The Bertz CT molecular complexity index is 1270. The van der Waals surface area contributed by atoms with E-state index in [9.17, 15) is 14.4 Å². The Morgan fingerprint density at radius 3 is 2.46 bits per heavy atom. The summed E-state index contributed by atoms with van der Waals surface area (Å²) in [6.07, 6.45) is 3.18. The molecule has 1 aliphatic heterocycles. The van der Waals surface area contributed by atoms with Crippen LogP contribution in [-0.2, 0) is 9.53 Å². The van der Waals surface area contributed by atoms with Gasteiger partial charge in [0, 0.05) is 31.4 Å². The number of nitrogens with zero attached hydrogens (tertiary/aromatic N) is 5. The molecule has 0 radical (unpaired) electrons. The van der Waals surface area contributed by atoms with Crippen LogP contribution in [0.1, 0.15) is 71.1 Å². The van der Waals surface area contributed by atoms with Crippen molar-refractivity contribution < 1.29 is 19.1 Å². The first-order chi connectivity index (χ1) is 17.5. The molecule has 0 spiro atoms. The lowest BCUT2D eigenvalue weighted by molar-refractivity contribution is -0.155. The van der Waals surface area contributed by atoms with Crippen molar-refractivity contribution in [2.75, 3.05) is 26.7 Å². The zero-order chi connectivity index (χ0) is 26.7. The van der Waals surface area contributed by atoms with Gasteiger partial charge in [-0.1, -0.05) is 18.2 Å². The van der Waals surface area contributed by atoms with E-state index < -0.39 is 11.6 Å². The summed E-state index contributed by atoms with van der Waals surface area (Å²) in [5.41, 5.74) is 2.07. The van der Waals surface area contributed by atoms with E-state index in [-0.39, 0.29) is 24.3 Å². The molecule has 1 fully saturated rings. The number of hydrogen-bond donors (Lipinski definition) is 0. The molecule has 9 nitrogen and oxygen atoms in total. The molecule has 0 saturated carbocycles. The van der Waals surface area contributed by atoms with Crippen LogP contribution >= 0.6 is 11.3 Å². The minimum atomic E-state index is -0.605. The van der Waals surface area contributed by atoms with Crippen molar-refractivity contribution >= 4 is 29.1 Å². The predicted molar refractivity (Wildman–Crippen MR) is 141 cm³/mol. The number of carbonyl (C=O) groups is 3. The van der Waals surface area contributed by atoms with Crippen LogP contribution in [0.4, 0.5) is 0 Å². The van der Waals surface area contributed by atoms with E-state index in [1.54, 1.807) is 44.1 Å². The van der Waals surface area contributed by atoms with Crippen molar-refractivity contribution in [3.63, 3.8) is 0 Å². The van der Waals surface area contributed by atoms with Crippen molar-refractivity contribution in [1.29, 1.82) is 0 Å². The van der Waals surface area contributed by atoms with E-state index >= 15 is 0 Å². The number of para-hydroxylation sites is 1. The number of thiazole rings is 1. The topological polar surface area (TPSA) is 97.6 Å². The van der Waals surface area contributed by atoms with Crippen LogP contribution in [0.25, 0.3) is 5.69 Å². The van der Waals surface area contributed by atoms with Gasteiger partial charge in [-0.05, 0) is 52.7 Å². The highest BCUT2D eigenvalue weighted by molar-refractivity contribution is 7.09. The Kier molecular flexibility index (Phi) is 7.77. The van der Waals surface area contributed by atoms with Crippen LogP contribution in [0.15, 0.2) is 41.9 Å². The summed E-state index contributed by atoms with van der Waals surface area (Å²) in [6, 6.07) is 9.76. The summed E-state index contributed by atoms with van der Waals surface area (Å²) in [4.78, 5) is 45.8. The molecule has 0 N–H and O–H groups in total. The maximum atomic E-state index is 13.2. The summed E-state index contributed by atoms with van der Waals surface area (Å²) in [5.74, 6) is -0.607. The minimum absolute atomic E-state index is 0.0168. The Morgan fingerprint density at radius 1 is 1.14 bits per heavy atom. The van der Waals surface area contributed by atoms with Crippen LogP contribution in [0, 0.1) is 6.92 Å². The third-order valence-corrected chi connectivity index (χ3v) is 7.25. The Hall–Kier alpha value is -3.53. The fourth-order valence-corrected chi connectivity index (χ4v) is 5.32. The van der Waals surface area contributed by atoms with Gasteiger partial charge in [0.1, 0.15) is 17.8 Å². The smallest absolute Gasteiger partial charge is 0.326 e. The molecule has 2 amide bonds. The lowest BCUT2D eigenvalue weighted by atomic mass is 9.97. The number of piperidine rings is 1. The molecule has 0 unspecified atom stereocenters. The van der Waals surface area contributed by atoms with Crippen LogP contribution < -0.4 is 0 Å². The van der Waals surface area contributed by atoms with E-state index in [0.29, 0.717) is 24.3 Å². The molecule has 3 heterocycles. The van der Waals surface area contributed by atoms with Crippen molar-refractivity contribution in [3.8, 4) is 5.69 Å². The highest BCUT2D eigenvalue weighted by atomic mass is 32.1. The monoisotopic (exact) mass is 523 g/mol. The lowest BCUT2D eigenvalue weighted by Crippen LogP contribution is -2.38. The molecular weight excluding hydrogens is 490 g/mol. The standard InChI is InChI=1S/C27H33N5O4S/c1-18-21(15-28-32(18)20-9-7-6-8-10-20)25(34)31-13-11-19(12-14-31)24-29-22(17-37-24)26(35)30(5)16-23(33)36-27(2,3)4/h6-10,15,17,19H,11-14,16H2,1-5H3. The number of likely N-dealkylation sites (tertiary alicyclic amines) is 1. The second-order valence-electron chi connectivity index (χ2n) is 10.3. The Balaban J connectivity index is 1.34. The second-order valence-corrected chi connectivity index (χ2v) is 11.2. The summed E-state index contributed by atoms with van der Waals surface area (Å²) < 4.78 is 7.08. The molecule has 2 aromatic heterocycles. The van der Waals surface area contributed by atoms with E-state index in [2.05, 4.69) is 10.1 Å². The van der Waals surface area contributed by atoms with Gasteiger partial charge in [0.2, 0.25) is 0 Å². The normalized spacial score (nSPS) is 14.5. The van der Waals surface area contributed by atoms with Crippen LogP contribution in [-0.4, -0.2) is 74.6 Å². The van der Waals surface area contributed by atoms with Crippen LogP contribution in [0.5, 0.6) is 0 Å². The molecule has 1 saturated heterocycles. The van der Waals surface area contributed by atoms with Gasteiger partial charge in [-0.15, -0.1) is 11.3 Å². The first kappa shape index (κ1) is 26.5. The second kappa shape index (κ2) is 10.8. The number of likely N-dealkylation sites (N-methyl/N-ethyl adjacent to an activating group) is 1. The van der Waals surface area contributed by atoms with Gasteiger partial charge >= 0.3 is 5.97 Å². The Morgan fingerprint density at radius 2 is 1.81 bits per heavy atom. The Labute approximate surface area is 221 Å². The number of esters is 1. The molecule has 0 bridgehead atoms. The number of amides is 2. The molecule has 1 aromatic carbocycles. The average Bonchev–Trinajstić information content (AvgIpc) is 3.50. The fourth-order valence-electron chi connectivity index (χ4n) is 4.36. The fraction of sp³-hybridized carbons (Fsp3) is 0.444. The summed E-state index contributed by atoms with van der Waals surface area (Å²) in [5, 5.41) is 7.05. The van der Waals surface area contributed by atoms with E-state index in [1.807, 2.05) is 42.2 Å². The number of carbonyl (C=O) groups excluding carboxylic acids is 3. The molecule has 0 atom stereocenters. The zero-order valence-electron chi connectivity index (χ0n) is 21.9. The highest BCUT2D eigenvalue weighted by Gasteiger charge is 2.29. The van der Waals surface area contributed by atoms with Crippen LogP contribution in [0.2, 0.25) is 0 Å². The van der Waals surface area contributed by atoms with Gasteiger partial charge in [0.25, 0.3) is 11.8 Å². The van der Waals surface area contributed by atoms with Gasteiger partial charge in [-0.2, -0.15) is 5.10 Å². The maximum Gasteiger partial charge on any atom is 0.326 e. The van der Waals surface area contributed by atoms with E-state index in [1.165, 1.54) is 16.2 Å². The molecule has 1 aliphatic rings. The molecule has 3 aromatic rings. The third kappa shape index (κ3) is 6.25.